The highest BCUT2D eigenvalue weighted by atomic mass is 16.6. The molecule has 0 fully saturated rings. The highest BCUT2D eigenvalue weighted by Crippen LogP contribution is 2.23. The Labute approximate surface area is 127 Å². The minimum absolute atomic E-state index is 0.102. The summed E-state index contributed by atoms with van der Waals surface area (Å²) >= 11 is 0. The highest BCUT2D eigenvalue weighted by Gasteiger charge is 2.20. The molecule has 1 aromatic rings. The van der Waals surface area contributed by atoms with Crippen LogP contribution in [0.1, 0.15) is 25.0 Å². The summed E-state index contributed by atoms with van der Waals surface area (Å²) in [6.07, 6.45) is -0.780. The fourth-order valence-electron chi connectivity index (χ4n) is 1.87. The molecule has 120 valence electrons. The van der Waals surface area contributed by atoms with E-state index in [4.69, 9.17) is 9.47 Å². The van der Waals surface area contributed by atoms with E-state index < -0.39 is 17.0 Å². The molecule has 0 spiro atoms. The van der Waals surface area contributed by atoms with Crippen molar-refractivity contribution in [1.29, 1.82) is 0 Å². The molecule has 0 aliphatic rings. The molecule has 0 saturated carbocycles. The van der Waals surface area contributed by atoms with Gasteiger partial charge in [0.2, 0.25) is 0 Å². The van der Waals surface area contributed by atoms with Crippen LogP contribution in [0.25, 0.3) is 0 Å². The van der Waals surface area contributed by atoms with Crippen LogP contribution in [0.3, 0.4) is 0 Å². The molecule has 0 bridgehead atoms. The molecule has 0 unspecified atom stereocenters. The number of esters is 1. The fourth-order valence-corrected chi connectivity index (χ4v) is 1.87. The highest BCUT2D eigenvalue weighted by molar-refractivity contribution is 5.74. The van der Waals surface area contributed by atoms with Crippen molar-refractivity contribution < 1.29 is 24.0 Å². The van der Waals surface area contributed by atoms with E-state index in [1.807, 2.05) is 0 Å². The van der Waals surface area contributed by atoms with E-state index in [1.54, 1.807) is 19.9 Å². The Morgan fingerprint density at radius 1 is 1.23 bits per heavy atom. The molecule has 22 heavy (non-hydrogen) atoms. The summed E-state index contributed by atoms with van der Waals surface area (Å²) in [6.45, 7) is 3.64. The van der Waals surface area contributed by atoms with E-state index >= 15 is 0 Å². The normalized spacial score (nSPS) is 9.91. The molecule has 1 amide bonds. The van der Waals surface area contributed by atoms with Crippen molar-refractivity contribution in [3.05, 3.63) is 39.4 Å². The molecule has 0 radical (unpaired) electrons. The number of alkyl carbamates (subject to hydrolysis) is 1. The topological polar surface area (TPSA) is 108 Å². The van der Waals surface area contributed by atoms with Gasteiger partial charge < -0.3 is 14.8 Å². The van der Waals surface area contributed by atoms with Crippen LogP contribution in [0.15, 0.2) is 18.2 Å². The van der Waals surface area contributed by atoms with Gasteiger partial charge in [-0.25, -0.2) is 4.79 Å². The van der Waals surface area contributed by atoms with Gasteiger partial charge in [0.1, 0.15) is 0 Å². The minimum atomic E-state index is -0.678. The van der Waals surface area contributed by atoms with E-state index in [2.05, 4.69) is 5.32 Å². The Morgan fingerprint density at radius 3 is 2.50 bits per heavy atom. The summed E-state index contributed by atoms with van der Waals surface area (Å²) in [5.41, 5.74) is 0.525. The molecule has 0 atom stereocenters. The van der Waals surface area contributed by atoms with Crippen molar-refractivity contribution in [2.45, 2.75) is 26.8 Å². The van der Waals surface area contributed by atoms with Gasteiger partial charge >= 0.3 is 12.1 Å². The maximum atomic E-state index is 11.6. The molecule has 8 nitrogen and oxygen atoms in total. The molecule has 0 saturated heterocycles. The summed E-state index contributed by atoms with van der Waals surface area (Å²) in [7, 11) is 0. The summed E-state index contributed by atoms with van der Waals surface area (Å²) in [4.78, 5) is 33.5. The van der Waals surface area contributed by atoms with E-state index in [9.17, 15) is 19.7 Å². The van der Waals surface area contributed by atoms with Crippen molar-refractivity contribution >= 4 is 17.7 Å². The first-order valence-electron chi connectivity index (χ1n) is 6.81. The number of hydrogen-bond donors (Lipinski definition) is 1. The Hall–Kier alpha value is -2.64. The number of carbonyl (C=O) groups excluding carboxylic acids is 2. The second kappa shape index (κ2) is 8.60. The third kappa shape index (κ3) is 5.04. The van der Waals surface area contributed by atoms with Gasteiger partial charge in [-0.15, -0.1) is 0 Å². The molecular formula is C14H18N2O6. The number of hydrogen-bond acceptors (Lipinski definition) is 6. The number of nitro benzene ring substituents is 1. The van der Waals surface area contributed by atoms with Gasteiger partial charge in [0.25, 0.3) is 5.69 Å². The molecule has 0 aliphatic carbocycles. The lowest BCUT2D eigenvalue weighted by molar-refractivity contribution is -0.385. The lowest BCUT2D eigenvalue weighted by Gasteiger charge is -2.11. The summed E-state index contributed by atoms with van der Waals surface area (Å²) in [5, 5.41) is 13.5. The monoisotopic (exact) mass is 310 g/mol. The number of benzene rings is 1. The molecule has 1 N–H and O–H groups in total. The minimum Gasteiger partial charge on any atom is -0.466 e. The number of amides is 1. The Balaban J connectivity index is 3.00. The van der Waals surface area contributed by atoms with Gasteiger partial charge in [0.15, 0.2) is 0 Å². The fraction of sp³-hybridized carbons (Fsp3) is 0.429. The predicted molar refractivity (Wildman–Crippen MR) is 77.3 cm³/mol. The third-order valence-corrected chi connectivity index (χ3v) is 2.77. The average molecular weight is 310 g/mol. The lowest BCUT2D eigenvalue weighted by atomic mass is 10.0. The van der Waals surface area contributed by atoms with Crippen molar-refractivity contribution in [3.63, 3.8) is 0 Å². The number of rotatable bonds is 7. The SMILES string of the molecule is CCOC(=O)Cc1cccc([N+](=O)[O-])c1CNC(=O)OCC. The first kappa shape index (κ1) is 17.4. The van der Waals surface area contributed by atoms with Crippen LogP contribution in [0, 0.1) is 10.1 Å². The molecule has 1 aromatic carbocycles. The lowest BCUT2D eigenvalue weighted by Crippen LogP contribution is -2.25. The zero-order valence-corrected chi connectivity index (χ0v) is 12.5. The number of nitrogens with one attached hydrogen (secondary N) is 1. The van der Waals surface area contributed by atoms with Gasteiger partial charge in [0.05, 0.1) is 36.7 Å². The van der Waals surface area contributed by atoms with Crippen LogP contribution in [0.5, 0.6) is 0 Å². The van der Waals surface area contributed by atoms with Crippen LogP contribution in [-0.4, -0.2) is 30.2 Å². The van der Waals surface area contributed by atoms with Crippen molar-refractivity contribution in [2.75, 3.05) is 13.2 Å². The van der Waals surface area contributed by atoms with Gasteiger partial charge in [-0.3, -0.25) is 14.9 Å². The van der Waals surface area contributed by atoms with Gasteiger partial charge in [0, 0.05) is 6.07 Å². The third-order valence-electron chi connectivity index (χ3n) is 2.77. The largest absolute Gasteiger partial charge is 0.466 e. The molecule has 8 heteroatoms. The van der Waals surface area contributed by atoms with E-state index in [1.165, 1.54) is 12.1 Å². The van der Waals surface area contributed by atoms with Crippen molar-refractivity contribution in [1.82, 2.24) is 5.32 Å². The molecule has 0 aromatic heterocycles. The number of nitrogens with zero attached hydrogens (tertiary/aromatic N) is 1. The van der Waals surface area contributed by atoms with E-state index in [0.717, 1.165) is 0 Å². The molecule has 0 aliphatic heterocycles. The van der Waals surface area contributed by atoms with Crippen molar-refractivity contribution in [3.8, 4) is 0 Å². The van der Waals surface area contributed by atoms with Gasteiger partial charge in [-0.2, -0.15) is 0 Å². The van der Waals surface area contributed by atoms with E-state index in [0.29, 0.717) is 5.56 Å². The van der Waals surface area contributed by atoms with Crippen molar-refractivity contribution in [2.24, 2.45) is 0 Å². The number of ether oxygens (including phenoxy) is 2. The van der Waals surface area contributed by atoms with Gasteiger partial charge in [-0.05, 0) is 19.4 Å². The molecule has 0 heterocycles. The Kier molecular flexibility index (Phi) is 6.81. The van der Waals surface area contributed by atoms with Crippen LogP contribution in [0.4, 0.5) is 10.5 Å². The predicted octanol–water partition coefficient (Wildman–Crippen LogP) is 1.95. The second-order valence-corrected chi connectivity index (χ2v) is 4.23. The first-order valence-corrected chi connectivity index (χ1v) is 6.81. The zero-order chi connectivity index (χ0) is 16.5. The van der Waals surface area contributed by atoms with Crippen LogP contribution in [-0.2, 0) is 27.2 Å². The van der Waals surface area contributed by atoms with Crippen LogP contribution < -0.4 is 5.32 Å². The van der Waals surface area contributed by atoms with E-state index in [-0.39, 0.29) is 37.4 Å². The first-order chi connectivity index (χ1) is 10.5. The number of nitro groups is 1. The zero-order valence-electron chi connectivity index (χ0n) is 12.5. The smallest absolute Gasteiger partial charge is 0.407 e. The quantitative estimate of drug-likeness (QED) is 0.468. The maximum absolute atomic E-state index is 11.6. The second-order valence-electron chi connectivity index (χ2n) is 4.23. The van der Waals surface area contributed by atoms with Crippen LogP contribution in [0.2, 0.25) is 0 Å². The molecule has 1 rings (SSSR count). The molecular weight excluding hydrogens is 292 g/mol. The standard InChI is InChI=1S/C14H18N2O6/c1-3-21-13(17)8-10-6-5-7-12(16(19)20)11(10)9-15-14(18)22-4-2/h5-7H,3-4,8-9H2,1-2H3,(H,15,18). The summed E-state index contributed by atoms with van der Waals surface area (Å²) in [6, 6.07) is 4.39. The summed E-state index contributed by atoms with van der Waals surface area (Å²) in [5.74, 6) is -0.486. The maximum Gasteiger partial charge on any atom is 0.407 e. The summed E-state index contributed by atoms with van der Waals surface area (Å²) < 4.78 is 9.56. The van der Waals surface area contributed by atoms with Crippen LogP contribution >= 0.6 is 0 Å². The number of carbonyl (C=O) groups is 2. The Bertz CT molecular complexity index is 558. The average Bonchev–Trinajstić information content (AvgIpc) is 2.46. The Morgan fingerprint density at radius 2 is 1.91 bits per heavy atom. The van der Waals surface area contributed by atoms with Gasteiger partial charge in [-0.1, -0.05) is 12.1 Å².